The van der Waals surface area contributed by atoms with E-state index >= 15 is 0 Å². The summed E-state index contributed by atoms with van der Waals surface area (Å²) in [7, 11) is -1.79. The highest BCUT2D eigenvalue weighted by Crippen LogP contribution is 2.33. The van der Waals surface area contributed by atoms with Gasteiger partial charge in [-0.15, -0.1) is 0 Å². The van der Waals surface area contributed by atoms with E-state index in [-0.39, 0.29) is 10.8 Å². The Morgan fingerprint density at radius 1 is 1.00 bits per heavy atom. The molecule has 1 heterocycles. The molecule has 9 heteroatoms. The number of anilines is 1. The number of carbonyl (C=O) groups excluding carboxylic acids is 1. The molecule has 0 aliphatic rings. The quantitative estimate of drug-likeness (QED) is 0.320. The molecule has 184 valence electrons. The molecule has 4 aromatic rings. The molecule has 7 nitrogen and oxygen atoms in total. The van der Waals surface area contributed by atoms with Crippen molar-refractivity contribution < 1.29 is 17.9 Å². The van der Waals surface area contributed by atoms with Crippen molar-refractivity contribution in [2.24, 2.45) is 0 Å². The zero-order valence-electron chi connectivity index (χ0n) is 20.3. The number of likely N-dealkylation sites (N-methyl/N-ethyl adjacent to an activating group) is 1. The largest absolute Gasteiger partial charge is 0.496 e. The number of aromatic nitrogens is 1. The molecular formula is C26H29N3O4S2. The molecule has 0 aliphatic heterocycles. The van der Waals surface area contributed by atoms with Crippen LogP contribution in [0.3, 0.4) is 0 Å². The van der Waals surface area contributed by atoms with Crippen LogP contribution in [0.1, 0.15) is 24.2 Å². The van der Waals surface area contributed by atoms with Crippen molar-refractivity contribution in [3.8, 4) is 5.75 Å². The number of rotatable bonds is 9. The number of amides is 1. The number of thiazole rings is 1. The van der Waals surface area contributed by atoms with Gasteiger partial charge >= 0.3 is 0 Å². The molecule has 0 saturated carbocycles. The van der Waals surface area contributed by atoms with Crippen molar-refractivity contribution in [3.63, 3.8) is 0 Å². The van der Waals surface area contributed by atoms with Crippen molar-refractivity contribution in [2.75, 3.05) is 44.4 Å². The van der Waals surface area contributed by atoms with E-state index in [1.54, 1.807) is 30.2 Å². The Balaban J connectivity index is 1.80. The first-order chi connectivity index (χ1) is 16.7. The van der Waals surface area contributed by atoms with Gasteiger partial charge < -0.3 is 9.64 Å². The summed E-state index contributed by atoms with van der Waals surface area (Å²) < 4.78 is 30.4. The zero-order valence-corrected chi connectivity index (χ0v) is 21.9. The van der Waals surface area contributed by atoms with Crippen LogP contribution >= 0.6 is 11.3 Å². The Labute approximate surface area is 209 Å². The highest BCUT2D eigenvalue weighted by atomic mass is 32.2. The van der Waals surface area contributed by atoms with Crippen LogP contribution < -0.4 is 9.64 Å². The van der Waals surface area contributed by atoms with Crippen LogP contribution in [-0.4, -0.2) is 63.8 Å². The number of hydrogen-bond donors (Lipinski definition) is 0. The van der Waals surface area contributed by atoms with Crippen molar-refractivity contribution in [1.29, 1.82) is 0 Å². The monoisotopic (exact) mass is 511 g/mol. The van der Waals surface area contributed by atoms with Crippen LogP contribution in [0.2, 0.25) is 0 Å². The molecule has 0 aliphatic carbocycles. The van der Waals surface area contributed by atoms with E-state index in [1.807, 2.05) is 36.4 Å². The summed E-state index contributed by atoms with van der Waals surface area (Å²) in [6.45, 7) is 7.04. The lowest BCUT2D eigenvalue weighted by Gasteiger charge is -2.25. The predicted octanol–water partition coefficient (Wildman–Crippen LogP) is 4.85. The average Bonchev–Trinajstić information content (AvgIpc) is 3.28. The van der Waals surface area contributed by atoms with Crippen LogP contribution in [0.4, 0.5) is 5.13 Å². The summed E-state index contributed by atoms with van der Waals surface area (Å²) in [4.78, 5) is 22.8. The smallest absolute Gasteiger partial charge is 0.263 e. The maximum atomic E-state index is 14.0. The second-order valence-electron chi connectivity index (χ2n) is 8.28. The van der Waals surface area contributed by atoms with Gasteiger partial charge in [-0.3, -0.25) is 9.69 Å². The van der Waals surface area contributed by atoms with Crippen LogP contribution in [-0.2, 0) is 9.84 Å². The summed E-state index contributed by atoms with van der Waals surface area (Å²) in [6.07, 6.45) is 1.18. The first-order valence-electron chi connectivity index (χ1n) is 11.5. The lowest BCUT2D eigenvalue weighted by molar-refractivity contribution is 0.0981. The number of methoxy groups -OCH3 is 1. The molecule has 0 fully saturated rings. The minimum absolute atomic E-state index is 0.206. The van der Waals surface area contributed by atoms with E-state index in [1.165, 1.54) is 17.6 Å². The molecule has 0 radical (unpaired) electrons. The fraction of sp³-hybridized carbons (Fsp3) is 0.308. The van der Waals surface area contributed by atoms with Gasteiger partial charge in [-0.1, -0.05) is 49.4 Å². The molecular weight excluding hydrogens is 482 g/mol. The Morgan fingerprint density at radius 3 is 2.31 bits per heavy atom. The van der Waals surface area contributed by atoms with Crippen LogP contribution in [0, 0.1) is 0 Å². The van der Waals surface area contributed by atoms with Gasteiger partial charge in [-0.25, -0.2) is 13.4 Å². The highest BCUT2D eigenvalue weighted by molar-refractivity contribution is 7.90. The van der Waals surface area contributed by atoms with Gasteiger partial charge in [0.05, 0.1) is 27.8 Å². The Morgan fingerprint density at radius 2 is 1.69 bits per heavy atom. The van der Waals surface area contributed by atoms with E-state index in [0.717, 1.165) is 23.9 Å². The van der Waals surface area contributed by atoms with Crippen molar-refractivity contribution in [1.82, 2.24) is 9.88 Å². The number of fused-ring (bicyclic) bond motifs is 2. The molecule has 0 N–H and O–H groups in total. The third-order valence-electron chi connectivity index (χ3n) is 6.09. The SMILES string of the molecule is CCN(CC)CCN(C(=O)c1cc2ccccc2cc1OC)c1nc2ccc(S(C)(=O)=O)cc2s1. The van der Waals surface area contributed by atoms with E-state index < -0.39 is 9.84 Å². The van der Waals surface area contributed by atoms with E-state index in [4.69, 9.17) is 9.72 Å². The zero-order chi connectivity index (χ0) is 25.2. The van der Waals surface area contributed by atoms with E-state index in [9.17, 15) is 13.2 Å². The van der Waals surface area contributed by atoms with Gasteiger partial charge in [0.15, 0.2) is 15.0 Å². The molecule has 1 aromatic heterocycles. The van der Waals surface area contributed by atoms with Gasteiger partial charge in [0.25, 0.3) is 5.91 Å². The normalized spacial score (nSPS) is 11.9. The van der Waals surface area contributed by atoms with Crippen LogP contribution in [0.25, 0.3) is 21.0 Å². The van der Waals surface area contributed by atoms with Crippen molar-refractivity contribution >= 4 is 53.2 Å². The minimum Gasteiger partial charge on any atom is -0.496 e. The molecule has 0 unspecified atom stereocenters. The van der Waals surface area contributed by atoms with Crippen LogP contribution in [0.15, 0.2) is 59.5 Å². The third kappa shape index (κ3) is 5.32. The van der Waals surface area contributed by atoms with Gasteiger partial charge in [0.1, 0.15) is 5.75 Å². The fourth-order valence-corrected chi connectivity index (χ4v) is 5.76. The number of sulfone groups is 1. The molecule has 35 heavy (non-hydrogen) atoms. The molecule has 0 atom stereocenters. The molecule has 0 saturated heterocycles. The third-order valence-corrected chi connectivity index (χ3v) is 8.24. The van der Waals surface area contributed by atoms with Gasteiger partial charge in [-0.05, 0) is 54.2 Å². The Kier molecular flexibility index (Phi) is 7.39. The summed E-state index contributed by atoms with van der Waals surface area (Å²) in [5.74, 6) is 0.296. The maximum Gasteiger partial charge on any atom is 0.263 e. The van der Waals surface area contributed by atoms with Crippen molar-refractivity contribution in [2.45, 2.75) is 18.7 Å². The Bertz CT molecular complexity index is 1480. The van der Waals surface area contributed by atoms with Gasteiger partial charge in [0, 0.05) is 19.3 Å². The fourth-order valence-electron chi connectivity index (χ4n) is 4.01. The average molecular weight is 512 g/mol. The molecule has 3 aromatic carbocycles. The Hall–Kier alpha value is -3.01. The predicted molar refractivity (Wildman–Crippen MR) is 143 cm³/mol. The van der Waals surface area contributed by atoms with Crippen LogP contribution in [0.5, 0.6) is 5.75 Å². The number of carbonyl (C=O) groups is 1. The molecule has 4 rings (SSSR count). The van der Waals surface area contributed by atoms with Gasteiger partial charge in [0.2, 0.25) is 0 Å². The number of hydrogen-bond acceptors (Lipinski definition) is 7. The van der Waals surface area contributed by atoms with Gasteiger partial charge in [-0.2, -0.15) is 0 Å². The lowest BCUT2D eigenvalue weighted by atomic mass is 10.0. The first kappa shape index (κ1) is 25.1. The van der Waals surface area contributed by atoms with E-state index in [2.05, 4.69) is 18.7 Å². The second-order valence-corrected chi connectivity index (χ2v) is 11.3. The summed E-state index contributed by atoms with van der Waals surface area (Å²) >= 11 is 1.31. The molecule has 1 amide bonds. The molecule has 0 spiro atoms. The number of benzene rings is 3. The summed E-state index contributed by atoms with van der Waals surface area (Å²) in [6, 6.07) is 16.4. The standard InChI is InChI=1S/C26H29N3O4S2/c1-5-28(6-2)13-14-29(26-27-22-12-11-20(35(4,31)32)17-24(22)34-26)25(30)21-15-18-9-7-8-10-19(18)16-23(21)33-3/h7-12,15-17H,5-6,13-14H2,1-4H3. The first-order valence-corrected chi connectivity index (χ1v) is 14.2. The topological polar surface area (TPSA) is 79.8 Å². The maximum absolute atomic E-state index is 14.0. The summed E-state index contributed by atoms with van der Waals surface area (Å²) in [5, 5.41) is 2.46. The number of ether oxygens (including phenoxy) is 1. The highest BCUT2D eigenvalue weighted by Gasteiger charge is 2.25. The van der Waals surface area contributed by atoms with Crippen molar-refractivity contribution in [3.05, 3.63) is 60.2 Å². The molecule has 0 bridgehead atoms. The second kappa shape index (κ2) is 10.3. The van der Waals surface area contributed by atoms with E-state index in [0.29, 0.717) is 39.8 Å². The minimum atomic E-state index is -3.35. The lowest BCUT2D eigenvalue weighted by Crippen LogP contribution is -2.39. The summed E-state index contributed by atoms with van der Waals surface area (Å²) in [5.41, 5.74) is 1.12. The number of nitrogens with zero attached hydrogens (tertiary/aromatic N) is 3.